The number of piperazine rings is 1. The van der Waals surface area contributed by atoms with Gasteiger partial charge in [-0.15, -0.1) is 0 Å². The Morgan fingerprint density at radius 3 is 2.17 bits per heavy atom. The molecule has 1 N–H and O–H groups in total. The molecule has 0 atom stereocenters. The maximum atomic E-state index is 12.7. The number of nitrogens with one attached hydrogen (secondary N) is 1. The van der Waals surface area contributed by atoms with E-state index >= 15 is 0 Å². The van der Waals surface area contributed by atoms with Gasteiger partial charge in [-0.05, 0) is 49.2 Å². The van der Waals surface area contributed by atoms with Crippen molar-refractivity contribution in [2.45, 2.75) is 12.8 Å². The monoisotopic (exact) mass is 394 g/mol. The highest BCUT2D eigenvalue weighted by molar-refractivity contribution is 5.89. The summed E-state index contributed by atoms with van der Waals surface area (Å²) >= 11 is 0. The van der Waals surface area contributed by atoms with E-state index in [4.69, 9.17) is 9.47 Å². The molecule has 3 aliphatic heterocycles. The molecule has 5 rings (SSSR count). The van der Waals surface area contributed by atoms with Crippen LogP contribution in [0.15, 0.2) is 42.5 Å². The summed E-state index contributed by atoms with van der Waals surface area (Å²) in [7, 11) is 0. The van der Waals surface area contributed by atoms with Gasteiger partial charge < -0.3 is 29.5 Å². The van der Waals surface area contributed by atoms with Gasteiger partial charge in [-0.25, -0.2) is 4.79 Å². The van der Waals surface area contributed by atoms with Crippen molar-refractivity contribution in [2.75, 3.05) is 61.2 Å². The van der Waals surface area contributed by atoms with Gasteiger partial charge in [0.2, 0.25) is 6.79 Å². The Kier molecular flexibility index (Phi) is 4.79. The second-order valence-electron chi connectivity index (χ2n) is 7.68. The van der Waals surface area contributed by atoms with Crippen molar-refractivity contribution in [3.63, 3.8) is 0 Å². The summed E-state index contributed by atoms with van der Waals surface area (Å²) < 4.78 is 10.8. The number of benzene rings is 2. The van der Waals surface area contributed by atoms with Crippen LogP contribution in [0.3, 0.4) is 0 Å². The Hall–Kier alpha value is -3.09. The van der Waals surface area contributed by atoms with Gasteiger partial charge in [0, 0.05) is 62.4 Å². The van der Waals surface area contributed by atoms with E-state index in [9.17, 15) is 4.79 Å². The standard InChI is InChI=1S/C22H26N4O3/c27-22(23-17-3-5-18(6-4-17)24-9-1-2-10-24)26-13-11-25(12-14-26)19-7-8-20-21(15-19)29-16-28-20/h3-8,15H,1-2,9-14,16H2,(H,23,27). The third kappa shape index (κ3) is 3.77. The number of rotatable bonds is 3. The van der Waals surface area contributed by atoms with Gasteiger partial charge in [0.05, 0.1) is 0 Å². The predicted octanol–water partition coefficient (Wildman–Crippen LogP) is 3.37. The highest BCUT2D eigenvalue weighted by Gasteiger charge is 2.23. The number of ether oxygens (including phenoxy) is 2. The Morgan fingerprint density at radius 2 is 1.41 bits per heavy atom. The zero-order valence-corrected chi connectivity index (χ0v) is 16.5. The van der Waals surface area contributed by atoms with E-state index < -0.39 is 0 Å². The fourth-order valence-corrected chi connectivity index (χ4v) is 4.18. The van der Waals surface area contributed by atoms with Gasteiger partial charge in [-0.3, -0.25) is 0 Å². The van der Waals surface area contributed by atoms with E-state index in [1.165, 1.54) is 18.5 Å². The lowest BCUT2D eigenvalue weighted by molar-refractivity contribution is 0.174. The van der Waals surface area contributed by atoms with E-state index in [1.54, 1.807) is 0 Å². The Bertz CT molecular complexity index is 872. The maximum absolute atomic E-state index is 12.7. The lowest BCUT2D eigenvalue weighted by atomic mass is 10.2. The molecule has 7 nitrogen and oxygen atoms in total. The molecule has 3 aliphatic rings. The number of amides is 2. The van der Waals surface area contributed by atoms with Crippen molar-refractivity contribution in [3.8, 4) is 11.5 Å². The average Bonchev–Trinajstić information content (AvgIpc) is 3.46. The van der Waals surface area contributed by atoms with Crippen LogP contribution in [-0.2, 0) is 0 Å². The first-order chi connectivity index (χ1) is 14.3. The molecule has 0 radical (unpaired) electrons. The first-order valence-electron chi connectivity index (χ1n) is 10.3. The average molecular weight is 394 g/mol. The molecule has 0 aromatic heterocycles. The highest BCUT2D eigenvalue weighted by Crippen LogP contribution is 2.35. The number of hydrogen-bond acceptors (Lipinski definition) is 5. The minimum atomic E-state index is -0.0377. The van der Waals surface area contributed by atoms with Crippen molar-refractivity contribution in [2.24, 2.45) is 0 Å². The van der Waals surface area contributed by atoms with Crippen molar-refractivity contribution in [1.82, 2.24) is 4.90 Å². The molecule has 29 heavy (non-hydrogen) atoms. The Morgan fingerprint density at radius 1 is 0.759 bits per heavy atom. The number of urea groups is 1. The predicted molar refractivity (Wildman–Crippen MR) is 113 cm³/mol. The normalized spacial score (nSPS) is 18.3. The maximum Gasteiger partial charge on any atom is 0.321 e. The van der Waals surface area contributed by atoms with Crippen LogP contribution >= 0.6 is 0 Å². The topological polar surface area (TPSA) is 57.3 Å². The lowest BCUT2D eigenvalue weighted by Crippen LogP contribution is -2.50. The van der Waals surface area contributed by atoms with Crippen LogP contribution in [-0.4, -0.2) is 57.0 Å². The Labute approximate surface area is 170 Å². The molecule has 2 aromatic carbocycles. The van der Waals surface area contributed by atoms with E-state index in [0.717, 1.165) is 49.1 Å². The molecule has 2 amide bonds. The second-order valence-corrected chi connectivity index (χ2v) is 7.68. The van der Waals surface area contributed by atoms with Crippen LogP contribution < -0.4 is 24.6 Å². The largest absolute Gasteiger partial charge is 0.454 e. The van der Waals surface area contributed by atoms with Crippen LogP contribution in [0.5, 0.6) is 11.5 Å². The number of nitrogens with zero attached hydrogens (tertiary/aromatic N) is 3. The molecule has 7 heteroatoms. The molecule has 2 aromatic rings. The fraction of sp³-hybridized carbons (Fsp3) is 0.409. The minimum absolute atomic E-state index is 0.0377. The molecule has 0 bridgehead atoms. The second kappa shape index (κ2) is 7.73. The van der Waals surface area contributed by atoms with Crippen molar-refractivity contribution in [3.05, 3.63) is 42.5 Å². The molecule has 2 saturated heterocycles. The van der Waals surface area contributed by atoms with Crippen molar-refractivity contribution >= 4 is 23.1 Å². The zero-order valence-electron chi connectivity index (χ0n) is 16.5. The molecule has 0 aliphatic carbocycles. The van der Waals surface area contributed by atoms with Crippen molar-refractivity contribution in [1.29, 1.82) is 0 Å². The van der Waals surface area contributed by atoms with E-state index in [1.807, 2.05) is 35.2 Å². The zero-order chi connectivity index (χ0) is 19.6. The molecule has 2 fully saturated rings. The van der Waals surface area contributed by atoms with E-state index in [0.29, 0.717) is 13.1 Å². The van der Waals surface area contributed by atoms with Crippen molar-refractivity contribution < 1.29 is 14.3 Å². The molecule has 0 unspecified atom stereocenters. The third-order valence-corrected chi connectivity index (χ3v) is 5.88. The van der Waals surface area contributed by atoms with Crippen LogP contribution in [0.25, 0.3) is 0 Å². The fourth-order valence-electron chi connectivity index (χ4n) is 4.18. The van der Waals surface area contributed by atoms with Gasteiger partial charge in [-0.1, -0.05) is 0 Å². The summed E-state index contributed by atoms with van der Waals surface area (Å²) in [5.74, 6) is 1.59. The summed E-state index contributed by atoms with van der Waals surface area (Å²) in [6, 6.07) is 14.2. The first kappa shape index (κ1) is 18.0. The van der Waals surface area contributed by atoms with E-state index in [2.05, 4.69) is 27.2 Å². The first-order valence-corrected chi connectivity index (χ1v) is 10.3. The molecular formula is C22H26N4O3. The number of anilines is 3. The van der Waals surface area contributed by atoms with Crippen LogP contribution in [0, 0.1) is 0 Å². The molecule has 0 saturated carbocycles. The van der Waals surface area contributed by atoms with Crippen LogP contribution in [0.2, 0.25) is 0 Å². The summed E-state index contributed by atoms with van der Waals surface area (Å²) in [4.78, 5) is 19.2. The quantitative estimate of drug-likeness (QED) is 0.865. The van der Waals surface area contributed by atoms with E-state index in [-0.39, 0.29) is 12.8 Å². The van der Waals surface area contributed by atoms with Gasteiger partial charge in [0.25, 0.3) is 0 Å². The molecule has 3 heterocycles. The summed E-state index contributed by atoms with van der Waals surface area (Å²) in [5.41, 5.74) is 3.18. The number of hydrogen-bond donors (Lipinski definition) is 1. The smallest absolute Gasteiger partial charge is 0.321 e. The van der Waals surface area contributed by atoms with Gasteiger partial charge >= 0.3 is 6.03 Å². The lowest BCUT2D eigenvalue weighted by Gasteiger charge is -2.36. The number of carbonyl (C=O) groups excluding carboxylic acids is 1. The molecular weight excluding hydrogens is 368 g/mol. The Balaban J connectivity index is 1.15. The summed E-state index contributed by atoms with van der Waals surface area (Å²) in [6.07, 6.45) is 2.52. The minimum Gasteiger partial charge on any atom is -0.454 e. The molecule has 152 valence electrons. The summed E-state index contributed by atoms with van der Waals surface area (Å²) in [5, 5.41) is 3.03. The SMILES string of the molecule is O=C(Nc1ccc(N2CCCC2)cc1)N1CCN(c2ccc3c(c2)OCO3)CC1. The number of carbonyl (C=O) groups is 1. The van der Waals surface area contributed by atoms with Crippen LogP contribution in [0.1, 0.15) is 12.8 Å². The number of fused-ring (bicyclic) bond motifs is 1. The van der Waals surface area contributed by atoms with Gasteiger partial charge in [-0.2, -0.15) is 0 Å². The van der Waals surface area contributed by atoms with Gasteiger partial charge in [0.15, 0.2) is 11.5 Å². The van der Waals surface area contributed by atoms with Gasteiger partial charge in [0.1, 0.15) is 0 Å². The third-order valence-electron chi connectivity index (χ3n) is 5.88. The molecule has 0 spiro atoms. The van der Waals surface area contributed by atoms with Crippen LogP contribution in [0.4, 0.5) is 21.9 Å². The summed E-state index contributed by atoms with van der Waals surface area (Å²) in [6.45, 7) is 5.49. The highest BCUT2D eigenvalue weighted by atomic mass is 16.7.